The Kier molecular flexibility index (Phi) is 4.22. The molecule has 1 aromatic rings. The second-order valence-electron chi connectivity index (χ2n) is 3.16. The van der Waals surface area contributed by atoms with E-state index in [2.05, 4.69) is 0 Å². The number of hydrogen-bond donors (Lipinski definition) is 2. The molecule has 0 saturated carbocycles. The molecule has 1 rings (SSSR count). The second-order valence-corrected chi connectivity index (χ2v) is 4.58. The molecular weight excluding hydrogens is 201 g/mol. The Morgan fingerprint density at radius 1 is 1.57 bits per heavy atom. The lowest BCUT2D eigenvalue weighted by Crippen LogP contribution is -2.03. The lowest BCUT2D eigenvalue weighted by Gasteiger charge is -2.08. The van der Waals surface area contributed by atoms with Crippen molar-refractivity contribution in [3.8, 4) is 0 Å². The first-order chi connectivity index (χ1) is 6.63. The van der Waals surface area contributed by atoms with Crippen molar-refractivity contribution in [2.24, 2.45) is 0 Å². The molecule has 1 atom stereocenters. The second kappa shape index (κ2) is 5.22. The minimum absolute atomic E-state index is 0.112. The number of hydrogen-bond acceptors (Lipinski definition) is 3. The van der Waals surface area contributed by atoms with Crippen LogP contribution in [0.1, 0.15) is 12.5 Å². The van der Waals surface area contributed by atoms with Gasteiger partial charge in [-0.2, -0.15) is 11.8 Å². The van der Waals surface area contributed by atoms with Gasteiger partial charge in [-0.15, -0.1) is 0 Å². The van der Waals surface area contributed by atoms with Gasteiger partial charge in [-0.25, -0.2) is 4.39 Å². The number of nitrogen functional groups attached to an aromatic ring is 1. The molecule has 0 saturated heterocycles. The number of halogens is 1. The summed E-state index contributed by atoms with van der Waals surface area (Å²) in [7, 11) is 0. The lowest BCUT2D eigenvalue weighted by molar-refractivity contribution is 0.300. The van der Waals surface area contributed by atoms with Crippen LogP contribution in [-0.2, 0) is 5.75 Å². The Hall–Kier alpha value is -0.740. The molecule has 0 aliphatic carbocycles. The summed E-state index contributed by atoms with van der Waals surface area (Å²) in [5, 5.41) is 8.92. The maximum absolute atomic E-state index is 13.2. The molecule has 0 radical (unpaired) electrons. The highest BCUT2D eigenvalue weighted by molar-refractivity contribution is 7.99. The van der Waals surface area contributed by atoms with Gasteiger partial charge in [-0.3, -0.25) is 0 Å². The van der Waals surface area contributed by atoms with Gasteiger partial charge in [0.05, 0.1) is 6.61 Å². The smallest absolute Gasteiger partial charge is 0.129 e. The van der Waals surface area contributed by atoms with Gasteiger partial charge in [0.1, 0.15) is 5.82 Å². The summed E-state index contributed by atoms with van der Waals surface area (Å²) in [5.41, 5.74) is 6.49. The topological polar surface area (TPSA) is 46.2 Å². The van der Waals surface area contributed by atoms with Crippen molar-refractivity contribution in [1.82, 2.24) is 0 Å². The number of aliphatic hydroxyl groups is 1. The van der Waals surface area contributed by atoms with E-state index in [1.165, 1.54) is 17.8 Å². The van der Waals surface area contributed by atoms with E-state index in [9.17, 15) is 4.39 Å². The third-order valence-electron chi connectivity index (χ3n) is 1.86. The Labute approximate surface area is 87.3 Å². The largest absolute Gasteiger partial charge is 0.399 e. The van der Waals surface area contributed by atoms with E-state index < -0.39 is 0 Å². The molecule has 0 bridgehead atoms. The maximum Gasteiger partial charge on any atom is 0.129 e. The van der Waals surface area contributed by atoms with Crippen molar-refractivity contribution in [3.05, 3.63) is 29.6 Å². The van der Waals surface area contributed by atoms with Crippen LogP contribution in [0.25, 0.3) is 0 Å². The summed E-state index contributed by atoms with van der Waals surface area (Å²) >= 11 is 1.52. The van der Waals surface area contributed by atoms with Crippen LogP contribution in [0.5, 0.6) is 0 Å². The fourth-order valence-electron chi connectivity index (χ4n) is 0.965. The minimum Gasteiger partial charge on any atom is -0.399 e. The van der Waals surface area contributed by atoms with E-state index in [-0.39, 0.29) is 17.7 Å². The van der Waals surface area contributed by atoms with Gasteiger partial charge < -0.3 is 10.8 Å². The molecule has 78 valence electrons. The summed E-state index contributed by atoms with van der Waals surface area (Å²) in [6.07, 6.45) is 0. The van der Waals surface area contributed by atoms with Crippen molar-refractivity contribution in [2.75, 3.05) is 12.3 Å². The predicted octanol–water partition coefficient (Wildman–Crippen LogP) is 2.02. The zero-order chi connectivity index (χ0) is 10.6. The zero-order valence-electron chi connectivity index (χ0n) is 8.03. The minimum atomic E-state index is -0.275. The SMILES string of the molecule is CC(CO)SCc1ccc(N)cc1F. The first kappa shape index (κ1) is 11.3. The first-order valence-electron chi connectivity index (χ1n) is 4.40. The summed E-state index contributed by atoms with van der Waals surface area (Å²) in [6.45, 7) is 2.02. The van der Waals surface area contributed by atoms with Crippen LogP contribution in [0.3, 0.4) is 0 Å². The quantitative estimate of drug-likeness (QED) is 0.755. The molecule has 0 fully saturated rings. The van der Waals surface area contributed by atoms with Gasteiger partial charge in [0.2, 0.25) is 0 Å². The van der Waals surface area contributed by atoms with Gasteiger partial charge in [-0.1, -0.05) is 13.0 Å². The van der Waals surface area contributed by atoms with E-state index in [4.69, 9.17) is 10.8 Å². The van der Waals surface area contributed by atoms with Gasteiger partial charge in [0.25, 0.3) is 0 Å². The van der Waals surface area contributed by atoms with E-state index in [0.29, 0.717) is 17.0 Å². The summed E-state index contributed by atoms with van der Waals surface area (Å²) in [4.78, 5) is 0. The van der Waals surface area contributed by atoms with Gasteiger partial charge in [0.15, 0.2) is 0 Å². The summed E-state index contributed by atoms with van der Waals surface area (Å²) in [5.74, 6) is 0.288. The molecule has 0 aliphatic rings. The third-order valence-corrected chi connectivity index (χ3v) is 3.05. The molecular formula is C10H14FNOS. The first-order valence-corrected chi connectivity index (χ1v) is 5.44. The standard InChI is InChI=1S/C10H14FNOS/c1-7(5-13)14-6-8-2-3-9(12)4-10(8)11/h2-4,7,13H,5-6,12H2,1H3. The maximum atomic E-state index is 13.2. The normalized spacial score (nSPS) is 12.8. The number of anilines is 1. The number of nitrogens with two attached hydrogens (primary N) is 1. The van der Waals surface area contributed by atoms with Crippen LogP contribution in [0, 0.1) is 5.82 Å². The molecule has 0 aromatic heterocycles. The Morgan fingerprint density at radius 2 is 2.29 bits per heavy atom. The van der Waals surface area contributed by atoms with Crippen LogP contribution >= 0.6 is 11.8 Å². The van der Waals surface area contributed by atoms with Crippen molar-refractivity contribution in [1.29, 1.82) is 0 Å². The van der Waals surface area contributed by atoms with Crippen LogP contribution in [0.15, 0.2) is 18.2 Å². The highest BCUT2D eigenvalue weighted by Gasteiger charge is 2.05. The number of rotatable bonds is 4. The monoisotopic (exact) mass is 215 g/mol. The molecule has 3 N–H and O–H groups in total. The molecule has 1 unspecified atom stereocenters. The van der Waals surface area contributed by atoms with Crippen LogP contribution in [-0.4, -0.2) is 17.0 Å². The van der Waals surface area contributed by atoms with Gasteiger partial charge >= 0.3 is 0 Å². The van der Waals surface area contributed by atoms with E-state index >= 15 is 0 Å². The number of thioether (sulfide) groups is 1. The van der Waals surface area contributed by atoms with Gasteiger partial charge in [-0.05, 0) is 17.7 Å². The van der Waals surface area contributed by atoms with E-state index in [0.717, 1.165) is 0 Å². The summed E-state index contributed by atoms with van der Waals surface area (Å²) in [6, 6.07) is 4.68. The average molecular weight is 215 g/mol. The van der Waals surface area contributed by atoms with Crippen molar-refractivity contribution in [3.63, 3.8) is 0 Å². The highest BCUT2D eigenvalue weighted by Crippen LogP contribution is 2.20. The van der Waals surface area contributed by atoms with E-state index in [1.807, 2.05) is 6.92 Å². The van der Waals surface area contributed by atoms with Crippen molar-refractivity contribution < 1.29 is 9.50 Å². The zero-order valence-corrected chi connectivity index (χ0v) is 8.85. The molecule has 4 heteroatoms. The fourth-order valence-corrected chi connectivity index (χ4v) is 1.77. The number of benzene rings is 1. The van der Waals surface area contributed by atoms with Crippen molar-refractivity contribution in [2.45, 2.75) is 17.9 Å². The molecule has 1 aromatic carbocycles. The summed E-state index contributed by atoms with van der Waals surface area (Å²) < 4.78 is 13.2. The number of aliphatic hydroxyl groups excluding tert-OH is 1. The van der Waals surface area contributed by atoms with Crippen LogP contribution < -0.4 is 5.73 Å². The molecule has 0 amide bonds. The Morgan fingerprint density at radius 3 is 2.86 bits per heavy atom. The molecule has 0 heterocycles. The van der Waals surface area contributed by atoms with Crippen molar-refractivity contribution >= 4 is 17.4 Å². The predicted molar refractivity (Wildman–Crippen MR) is 58.7 cm³/mol. The molecule has 2 nitrogen and oxygen atoms in total. The lowest BCUT2D eigenvalue weighted by atomic mass is 10.2. The van der Waals surface area contributed by atoms with Gasteiger partial charge in [0, 0.05) is 16.7 Å². The molecule has 14 heavy (non-hydrogen) atoms. The molecule has 0 spiro atoms. The average Bonchev–Trinajstić information content (AvgIpc) is 2.16. The highest BCUT2D eigenvalue weighted by atomic mass is 32.2. The van der Waals surface area contributed by atoms with Crippen LogP contribution in [0.4, 0.5) is 10.1 Å². The molecule has 0 aliphatic heterocycles. The Bertz CT molecular complexity index is 306. The third kappa shape index (κ3) is 3.20. The fraction of sp³-hybridized carbons (Fsp3) is 0.400. The Balaban J connectivity index is 2.59. The van der Waals surface area contributed by atoms with E-state index in [1.54, 1.807) is 12.1 Å². The van der Waals surface area contributed by atoms with Crippen LogP contribution in [0.2, 0.25) is 0 Å².